The van der Waals surface area contributed by atoms with Crippen molar-refractivity contribution in [1.82, 2.24) is 0 Å². The molecule has 10 heteroatoms. The Balaban J connectivity index is 2.24. The van der Waals surface area contributed by atoms with Crippen LogP contribution in [0.2, 0.25) is 0 Å². The zero-order chi connectivity index (χ0) is 23.5. The predicted molar refractivity (Wildman–Crippen MR) is 120 cm³/mol. The van der Waals surface area contributed by atoms with Gasteiger partial charge in [0.15, 0.2) is 14.8 Å². The first-order valence-corrected chi connectivity index (χ1v) is 12.0. The normalized spacial score (nSPS) is 28.6. The molecule has 0 spiro atoms. The molecule has 1 saturated heterocycles. The van der Waals surface area contributed by atoms with Crippen LogP contribution in [0.4, 0.5) is 0 Å². The summed E-state index contributed by atoms with van der Waals surface area (Å²) in [5, 5.41) is 24.8. The van der Waals surface area contributed by atoms with E-state index in [-0.39, 0.29) is 45.6 Å². The third-order valence-electron chi connectivity index (χ3n) is 6.17. The van der Waals surface area contributed by atoms with Crippen molar-refractivity contribution in [3.8, 4) is 0 Å². The molecule has 9 nitrogen and oxygen atoms in total. The number of hydrogen-bond acceptors (Lipinski definition) is 7. The first kappa shape index (κ1) is 26.7. The number of hydrogen-bond donors (Lipinski definition) is 2. The second-order valence-corrected chi connectivity index (χ2v) is 8.90. The zero-order valence-corrected chi connectivity index (χ0v) is 19.8. The summed E-state index contributed by atoms with van der Waals surface area (Å²) in [7, 11) is -0.0949. The second-order valence-electron chi connectivity index (χ2n) is 8.19. The van der Waals surface area contributed by atoms with Crippen molar-refractivity contribution in [2.45, 2.75) is 77.0 Å². The van der Waals surface area contributed by atoms with Gasteiger partial charge in [-0.3, -0.25) is 4.57 Å². The van der Waals surface area contributed by atoms with Crippen molar-refractivity contribution < 1.29 is 29.0 Å². The second kappa shape index (κ2) is 13.9. The lowest BCUT2D eigenvalue weighted by molar-refractivity contribution is -0.277. The first-order chi connectivity index (χ1) is 15.5. The van der Waals surface area contributed by atoms with E-state index in [2.05, 4.69) is 10.0 Å². The molecule has 32 heavy (non-hydrogen) atoms. The molecule has 1 aromatic rings. The highest BCUT2D eigenvalue weighted by Gasteiger charge is 2.44. The van der Waals surface area contributed by atoms with E-state index in [1.807, 2.05) is 51.1 Å². The maximum Gasteiger partial charge on any atom is 0.167 e. The highest BCUT2D eigenvalue weighted by molar-refractivity contribution is 7.23. The Bertz CT molecular complexity index is 736. The molecule has 0 aromatic heterocycles. The number of azide groups is 1. The summed E-state index contributed by atoms with van der Waals surface area (Å²) in [5.41, 5.74) is 9.99. The summed E-state index contributed by atoms with van der Waals surface area (Å²) >= 11 is 0. The van der Waals surface area contributed by atoms with E-state index in [4.69, 9.17) is 19.7 Å². The van der Waals surface area contributed by atoms with Crippen molar-refractivity contribution >= 4 is 8.46 Å². The van der Waals surface area contributed by atoms with Crippen LogP contribution in [-0.4, -0.2) is 59.7 Å². The maximum absolute atomic E-state index is 11.0. The minimum atomic E-state index is -1.06. The molecule has 1 heterocycles. The average molecular weight is 468 g/mol. The minimum absolute atomic E-state index is 0.00892. The molecule has 0 amide bonds. The number of rotatable bonds is 13. The summed E-state index contributed by atoms with van der Waals surface area (Å²) in [4.78, 5) is 2.97. The first-order valence-electron chi connectivity index (χ1n) is 11.0. The maximum atomic E-state index is 11.0. The van der Waals surface area contributed by atoms with Crippen LogP contribution in [0.5, 0.6) is 0 Å². The van der Waals surface area contributed by atoms with Crippen LogP contribution in [0.1, 0.15) is 39.2 Å². The highest BCUT2D eigenvalue weighted by atomic mass is 31.1. The SMILES string of the molecule is CCC1O[C@@H](O[C@H]([C@H](O)CCP=O)[C@H](CO)OCc2ccccc2)C(N=[N+]=[N-])[C@@H](C)[C@@H]1C. The van der Waals surface area contributed by atoms with Gasteiger partial charge in [0.2, 0.25) is 0 Å². The third kappa shape index (κ3) is 7.22. The van der Waals surface area contributed by atoms with Crippen LogP contribution in [0.3, 0.4) is 0 Å². The molecular formula is C22H34N3O6P. The Morgan fingerprint density at radius 2 is 2.00 bits per heavy atom. The molecule has 1 fully saturated rings. The summed E-state index contributed by atoms with van der Waals surface area (Å²) in [5.74, 6) is 0.145. The van der Waals surface area contributed by atoms with Gasteiger partial charge in [-0.25, -0.2) is 0 Å². The number of benzene rings is 1. The summed E-state index contributed by atoms with van der Waals surface area (Å²) < 4.78 is 29.2. The molecule has 1 aliphatic rings. The van der Waals surface area contributed by atoms with Gasteiger partial charge in [0, 0.05) is 11.1 Å². The molecule has 2 unspecified atom stereocenters. The number of aliphatic hydroxyl groups is 2. The van der Waals surface area contributed by atoms with Crippen molar-refractivity contribution in [2.24, 2.45) is 17.0 Å². The zero-order valence-electron chi connectivity index (χ0n) is 18.9. The van der Waals surface area contributed by atoms with Gasteiger partial charge in [0.1, 0.15) is 12.2 Å². The number of nitrogens with zero attached hydrogens (tertiary/aromatic N) is 3. The number of aliphatic hydroxyl groups excluding tert-OH is 2. The fraction of sp³-hybridized carbons (Fsp3) is 0.727. The summed E-state index contributed by atoms with van der Waals surface area (Å²) in [6.07, 6.45) is -2.73. The van der Waals surface area contributed by atoms with Gasteiger partial charge in [0.25, 0.3) is 0 Å². The summed E-state index contributed by atoms with van der Waals surface area (Å²) in [6.45, 7) is 5.87. The Morgan fingerprint density at radius 1 is 1.28 bits per heavy atom. The van der Waals surface area contributed by atoms with Crippen LogP contribution in [0, 0.1) is 11.8 Å². The topological polar surface area (TPSA) is 134 Å². The van der Waals surface area contributed by atoms with Gasteiger partial charge < -0.3 is 24.4 Å². The smallest absolute Gasteiger partial charge is 0.167 e. The van der Waals surface area contributed by atoms with E-state index in [0.717, 1.165) is 12.0 Å². The molecule has 0 aliphatic carbocycles. The summed E-state index contributed by atoms with van der Waals surface area (Å²) in [6, 6.07) is 8.86. The van der Waals surface area contributed by atoms with Gasteiger partial charge in [0.05, 0.1) is 31.5 Å². The van der Waals surface area contributed by atoms with Crippen molar-refractivity contribution in [3.05, 3.63) is 46.3 Å². The lowest BCUT2D eigenvalue weighted by atomic mass is 9.81. The van der Waals surface area contributed by atoms with Crippen molar-refractivity contribution in [2.75, 3.05) is 12.8 Å². The molecule has 2 rings (SSSR count). The Hall–Kier alpha value is -1.57. The van der Waals surface area contributed by atoms with Crippen LogP contribution in [-0.2, 0) is 25.4 Å². The van der Waals surface area contributed by atoms with E-state index in [1.165, 1.54) is 0 Å². The molecule has 0 radical (unpaired) electrons. The molecule has 0 bridgehead atoms. The van der Waals surface area contributed by atoms with E-state index in [0.29, 0.717) is 0 Å². The molecular weight excluding hydrogens is 433 g/mol. The van der Waals surface area contributed by atoms with Gasteiger partial charge in [-0.1, -0.05) is 56.2 Å². The molecule has 1 aliphatic heterocycles. The van der Waals surface area contributed by atoms with E-state index in [1.54, 1.807) is 0 Å². The number of ether oxygens (including phenoxy) is 3. The van der Waals surface area contributed by atoms with Gasteiger partial charge in [-0.2, -0.15) is 0 Å². The van der Waals surface area contributed by atoms with Crippen LogP contribution >= 0.6 is 8.46 Å². The highest BCUT2D eigenvalue weighted by Crippen LogP contribution is 2.36. The van der Waals surface area contributed by atoms with Gasteiger partial charge in [-0.05, 0) is 35.8 Å². The molecule has 2 N–H and O–H groups in total. The van der Waals surface area contributed by atoms with Crippen LogP contribution in [0.25, 0.3) is 10.4 Å². The Kier molecular flexibility index (Phi) is 11.6. The Morgan fingerprint density at radius 3 is 2.59 bits per heavy atom. The van der Waals surface area contributed by atoms with Gasteiger partial charge >= 0.3 is 0 Å². The van der Waals surface area contributed by atoms with E-state index in [9.17, 15) is 14.8 Å². The standard InChI is InChI=1S/C22H34N3O6P/c1-4-18-14(2)15(3)20(24-25-23)22(30-18)31-21(17(27)10-11-32-28)19(12-26)29-13-16-8-6-5-7-9-16/h5-9,14-15,17-22,26-27H,4,10-13H2,1-3H3/t14-,15-,17+,18?,19-,20?,21+,22-/m0/s1. The van der Waals surface area contributed by atoms with E-state index >= 15 is 0 Å². The van der Waals surface area contributed by atoms with Crippen molar-refractivity contribution in [3.63, 3.8) is 0 Å². The third-order valence-corrected chi connectivity index (χ3v) is 6.61. The van der Waals surface area contributed by atoms with Crippen molar-refractivity contribution in [1.29, 1.82) is 0 Å². The fourth-order valence-corrected chi connectivity index (χ4v) is 4.40. The Labute approximate surface area is 190 Å². The predicted octanol–water partition coefficient (Wildman–Crippen LogP) is 4.08. The molecule has 0 saturated carbocycles. The fourth-order valence-electron chi connectivity index (χ4n) is 4.03. The lowest BCUT2D eigenvalue weighted by Gasteiger charge is -2.44. The quantitative estimate of drug-likeness (QED) is 0.194. The van der Waals surface area contributed by atoms with Gasteiger partial charge in [-0.15, -0.1) is 0 Å². The molecule has 8 atom stereocenters. The lowest BCUT2D eigenvalue weighted by Crippen LogP contribution is -2.54. The monoisotopic (exact) mass is 467 g/mol. The molecule has 178 valence electrons. The average Bonchev–Trinajstić information content (AvgIpc) is 2.82. The van der Waals surface area contributed by atoms with Crippen LogP contribution in [0.15, 0.2) is 35.4 Å². The molecule has 1 aromatic carbocycles. The van der Waals surface area contributed by atoms with Crippen LogP contribution < -0.4 is 0 Å². The minimum Gasteiger partial charge on any atom is -0.394 e. The van der Waals surface area contributed by atoms with E-state index < -0.39 is 37.3 Å². The largest absolute Gasteiger partial charge is 0.394 e.